The van der Waals surface area contributed by atoms with Gasteiger partial charge in [-0.2, -0.15) is 0 Å². The second kappa shape index (κ2) is 8.59. The molecular weight excluding hydrogens is 430 g/mol. The zero-order valence-corrected chi connectivity index (χ0v) is 17.7. The first kappa shape index (κ1) is 21.4. The summed E-state index contributed by atoms with van der Waals surface area (Å²) in [5.74, 6) is 0.838. The standard InChI is InChI=1S/C19H19N3O6S2/c1-27-17-11-10-16(13-18(17)28-2)30(25,26)21-14-6-8-15(9-7-14)29(23,24)22-19-5-3-4-12-20-19/h3-13,21H,1-2H3,(H,20,22). The highest BCUT2D eigenvalue weighted by Crippen LogP contribution is 2.30. The molecule has 0 saturated heterocycles. The molecule has 11 heteroatoms. The monoisotopic (exact) mass is 449 g/mol. The van der Waals surface area contributed by atoms with Crippen LogP contribution in [-0.2, 0) is 20.0 Å². The molecule has 0 spiro atoms. The van der Waals surface area contributed by atoms with Crippen LogP contribution in [0.15, 0.2) is 76.7 Å². The Balaban J connectivity index is 1.79. The first-order valence-electron chi connectivity index (χ1n) is 8.54. The van der Waals surface area contributed by atoms with Gasteiger partial charge in [0.15, 0.2) is 11.5 Å². The van der Waals surface area contributed by atoms with Crippen LogP contribution in [0.3, 0.4) is 0 Å². The van der Waals surface area contributed by atoms with Gasteiger partial charge in [0.2, 0.25) is 0 Å². The minimum absolute atomic E-state index is 0.0336. The lowest BCUT2D eigenvalue weighted by Crippen LogP contribution is -2.15. The number of anilines is 2. The molecule has 0 atom stereocenters. The van der Waals surface area contributed by atoms with Gasteiger partial charge in [0.1, 0.15) is 5.82 Å². The minimum Gasteiger partial charge on any atom is -0.493 e. The predicted octanol–water partition coefficient (Wildman–Crippen LogP) is 2.70. The van der Waals surface area contributed by atoms with E-state index in [2.05, 4.69) is 14.4 Å². The predicted molar refractivity (Wildman–Crippen MR) is 112 cm³/mol. The first-order chi connectivity index (χ1) is 14.2. The van der Waals surface area contributed by atoms with E-state index in [1.54, 1.807) is 12.1 Å². The van der Waals surface area contributed by atoms with E-state index >= 15 is 0 Å². The lowest BCUT2D eigenvalue weighted by molar-refractivity contribution is 0.354. The molecule has 3 rings (SSSR count). The number of nitrogens with zero attached hydrogens (tertiary/aromatic N) is 1. The van der Waals surface area contributed by atoms with Gasteiger partial charge in [-0.15, -0.1) is 0 Å². The lowest BCUT2D eigenvalue weighted by Gasteiger charge is -2.12. The Morgan fingerprint density at radius 1 is 0.733 bits per heavy atom. The third-order valence-corrected chi connectivity index (χ3v) is 6.74. The zero-order valence-electron chi connectivity index (χ0n) is 16.1. The van der Waals surface area contributed by atoms with Gasteiger partial charge < -0.3 is 9.47 Å². The molecule has 0 aliphatic rings. The number of hydrogen-bond acceptors (Lipinski definition) is 7. The molecule has 0 fully saturated rings. The van der Waals surface area contributed by atoms with Crippen LogP contribution in [0.1, 0.15) is 0 Å². The number of aromatic nitrogens is 1. The first-order valence-corrected chi connectivity index (χ1v) is 11.5. The molecule has 2 N–H and O–H groups in total. The number of pyridine rings is 1. The quantitative estimate of drug-likeness (QED) is 0.542. The molecule has 3 aromatic rings. The normalized spacial score (nSPS) is 11.5. The highest BCUT2D eigenvalue weighted by Gasteiger charge is 2.19. The van der Waals surface area contributed by atoms with E-state index in [1.165, 1.54) is 68.9 Å². The summed E-state index contributed by atoms with van der Waals surface area (Å²) >= 11 is 0. The number of benzene rings is 2. The second-order valence-electron chi connectivity index (χ2n) is 5.97. The molecule has 9 nitrogen and oxygen atoms in total. The molecule has 0 aliphatic heterocycles. The average molecular weight is 450 g/mol. The van der Waals surface area contributed by atoms with Crippen molar-refractivity contribution in [3.8, 4) is 11.5 Å². The van der Waals surface area contributed by atoms with Gasteiger partial charge in [0, 0.05) is 18.0 Å². The van der Waals surface area contributed by atoms with Gasteiger partial charge in [0.05, 0.1) is 24.0 Å². The second-order valence-corrected chi connectivity index (χ2v) is 9.33. The van der Waals surface area contributed by atoms with Crippen LogP contribution in [0.5, 0.6) is 11.5 Å². The van der Waals surface area contributed by atoms with Crippen molar-refractivity contribution in [3.05, 3.63) is 66.9 Å². The molecule has 0 aliphatic carbocycles. The zero-order chi connectivity index (χ0) is 21.8. The van der Waals surface area contributed by atoms with Crippen molar-refractivity contribution in [1.29, 1.82) is 0 Å². The third kappa shape index (κ3) is 4.81. The number of hydrogen-bond donors (Lipinski definition) is 2. The van der Waals surface area contributed by atoms with Crippen LogP contribution in [0.25, 0.3) is 0 Å². The van der Waals surface area contributed by atoms with E-state index in [4.69, 9.17) is 9.47 Å². The van der Waals surface area contributed by atoms with E-state index in [-0.39, 0.29) is 27.0 Å². The average Bonchev–Trinajstić information content (AvgIpc) is 2.73. The molecule has 0 radical (unpaired) electrons. The molecule has 2 aromatic carbocycles. The maximum absolute atomic E-state index is 12.6. The van der Waals surface area contributed by atoms with Gasteiger partial charge in [-0.25, -0.2) is 21.8 Å². The number of methoxy groups -OCH3 is 2. The molecule has 0 unspecified atom stereocenters. The third-order valence-electron chi connectivity index (χ3n) is 3.99. The summed E-state index contributed by atoms with van der Waals surface area (Å²) in [7, 11) is -4.94. The van der Waals surface area contributed by atoms with Gasteiger partial charge in [-0.05, 0) is 48.5 Å². The van der Waals surface area contributed by atoms with E-state index < -0.39 is 20.0 Å². The van der Waals surface area contributed by atoms with Crippen molar-refractivity contribution in [1.82, 2.24) is 4.98 Å². The molecule has 0 amide bonds. The minimum atomic E-state index is -3.93. The van der Waals surface area contributed by atoms with Crippen LogP contribution in [0, 0.1) is 0 Å². The maximum atomic E-state index is 12.6. The van der Waals surface area contributed by atoms with Crippen molar-refractivity contribution >= 4 is 31.6 Å². The summed E-state index contributed by atoms with van der Waals surface area (Å²) in [5, 5.41) is 0. The van der Waals surface area contributed by atoms with Crippen LogP contribution in [-0.4, -0.2) is 36.0 Å². The lowest BCUT2D eigenvalue weighted by atomic mass is 10.3. The summed E-state index contributed by atoms with van der Waals surface area (Å²) in [5.41, 5.74) is 0.196. The number of nitrogens with one attached hydrogen (secondary N) is 2. The van der Waals surface area contributed by atoms with Crippen LogP contribution >= 0.6 is 0 Å². The van der Waals surface area contributed by atoms with Crippen molar-refractivity contribution in [2.45, 2.75) is 9.79 Å². The van der Waals surface area contributed by atoms with Crippen LogP contribution in [0.4, 0.5) is 11.5 Å². The van der Waals surface area contributed by atoms with E-state index in [1.807, 2.05) is 0 Å². The smallest absolute Gasteiger partial charge is 0.263 e. The van der Waals surface area contributed by atoms with Crippen molar-refractivity contribution in [3.63, 3.8) is 0 Å². The molecular formula is C19H19N3O6S2. The summed E-state index contributed by atoms with van der Waals surface area (Å²) in [6.07, 6.45) is 1.46. The molecule has 1 heterocycles. The fourth-order valence-electron chi connectivity index (χ4n) is 2.52. The van der Waals surface area contributed by atoms with Gasteiger partial charge in [-0.1, -0.05) is 6.07 Å². The number of sulfonamides is 2. The van der Waals surface area contributed by atoms with Gasteiger partial charge in [0.25, 0.3) is 20.0 Å². The number of ether oxygens (including phenoxy) is 2. The van der Waals surface area contributed by atoms with E-state index in [9.17, 15) is 16.8 Å². The number of rotatable bonds is 8. The molecule has 1 aromatic heterocycles. The summed E-state index contributed by atoms with van der Waals surface area (Å²) in [6.45, 7) is 0. The molecule has 0 saturated carbocycles. The van der Waals surface area contributed by atoms with Crippen LogP contribution in [0.2, 0.25) is 0 Å². The highest BCUT2D eigenvalue weighted by atomic mass is 32.2. The van der Waals surface area contributed by atoms with Gasteiger partial charge >= 0.3 is 0 Å². The maximum Gasteiger partial charge on any atom is 0.263 e. The Morgan fingerprint density at radius 2 is 1.37 bits per heavy atom. The fourth-order valence-corrected chi connectivity index (χ4v) is 4.60. The Bertz CT molecular complexity index is 1230. The molecule has 30 heavy (non-hydrogen) atoms. The van der Waals surface area contributed by atoms with Crippen LogP contribution < -0.4 is 18.9 Å². The summed E-state index contributed by atoms with van der Waals surface area (Å²) in [4.78, 5) is 3.84. The van der Waals surface area contributed by atoms with Crippen molar-refractivity contribution < 1.29 is 26.3 Å². The SMILES string of the molecule is COc1ccc(S(=O)(=O)Nc2ccc(S(=O)(=O)Nc3ccccn3)cc2)cc1OC. The topological polar surface area (TPSA) is 124 Å². The van der Waals surface area contributed by atoms with Crippen molar-refractivity contribution in [2.75, 3.05) is 23.7 Å². The fraction of sp³-hybridized carbons (Fsp3) is 0.105. The Hall–Kier alpha value is -3.31. The van der Waals surface area contributed by atoms with E-state index in [0.29, 0.717) is 5.75 Å². The highest BCUT2D eigenvalue weighted by molar-refractivity contribution is 7.93. The van der Waals surface area contributed by atoms with Gasteiger partial charge in [-0.3, -0.25) is 9.44 Å². The Morgan fingerprint density at radius 3 is 1.97 bits per heavy atom. The summed E-state index contributed by atoms with van der Waals surface area (Å²) < 4.78 is 65.1. The van der Waals surface area contributed by atoms with Crippen molar-refractivity contribution in [2.24, 2.45) is 0 Å². The molecule has 158 valence electrons. The largest absolute Gasteiger partial charge is 0.493 e. The Labute approximate surface area is 174 Å². The summed E-state index contributed by atoms with van der Waals surface area (Å²) in [6, 6.07) is 14.3. The molecule has 0 bridgehead atoms. The Kier molecular flexibility index (Phi) is 6.13. The van der Waals surface area contributed by atoms with E-state index in [0.717, 1.165) is 0 Å².